The minimum absolute atomic E-state index is 0.142. The largest absolute Gasteiger partial charge is 0.307 e. The van der Waals surface area contributed by atoms with Gasteiger partial charge in [-0.3, -0.25) is 4.79 Å². The van der Waals surface area contributed by atoms with Gasteiger partial charge >= 0.3 is 0 Å². The standard InChI is InChI=1S/C15H20FNO/c1-10-7-11(2)15(13(16)8-10)14(18)9-17-12-5-3-4-6-12/h7-8,12,17H,3-6,9H2,1-2H3. The SMILES string of the molecule is Cc1cc(C)c(C(=O)CNC2CCCC2)c(F)c1. The highest BCUT2D eigenvalue weighted by molar-refractivity contribution is 5.99. The van der Waals surface area contributed by atoms with Gasteiger partial charge in [0.25, 0.3) is 0 Å². The zero-order valence-corrected chi connectivity index (χ0v) is 11.1. The van der Waals surface area contributed by atoms with Gasteiger partial charge in [-0.1, -0.05) is 18.9 Å². The van der Waals surface area contributed by atoms with Gasteiger partial charge in [-0.2, -0.15) is 0 Å². The van der Waals surface area contributed by atoms with Crippen molar-refractivity contribution in [2.24, 2.45) is 0 Å². The normalized spacial score (nSPS) is 16.2. The average molecular weight is 249 g/mol. The predicted molar refractivity (Wildman–Crippen MR) is 70.5 cm³/mol. The van der Waals surface area contributed by atoms with Gasteiger partial charge < -0.3 is 5.32 Å². The summed E-state index contributed by atoms with van der Waals surface area (Å²) < 4.78 is 13.8. The van der Waals surface area contributed by atoms with Crippen LogP contribution in [0.4, 0.5) is 4.39 Å². The van der Waals surface area contributed by atoms with E-state index < -0.39 is 5.82 Å². The minimum atomic E-state index is -0.397. The number of carbonyl (C=O) groups is 1. The van der Waals surface area contributed by atoms with Crippen LogP contribution in [-0.4, -0.2) is 18.4 Å². The van der Waals surface area contributed by atoms with Crippen molar-refractivity contribution in [3.05, 3.63) is 34.6 Å². The first-order valence-electron chi connectivity index (χ1n) is 6.61. The Kier molecular flexibility index (Phi) is 4.12. The number of Topliss-reactive ketones (excluding diaryl/α,β-unsaturated/α-hetero) is 1. The third-order valence-electron chi connectivity index (χ3n) is 3.62. The molecule has 1 aliphatic carbocycles. The van der Waals surface area contributed by atoms with Gasteiger partial charge in [0.2, 0.25) is 0 Å². The highest BCUT2D eigenvalue weighted by Crippen LogP contribution is 2.19. The Bertz CT molecular complexity index is 427. The maximum absolute atomic E-state index is 13.8. The molecule has 0 spiro atoms. The fourth-order valence-corrected chi connectivity index (χ4v) is 2.72. The monoisotopic (exact) mass is 249 g/mol. The number of nitrogens with one attached hydrogen (secondary N) is 1. The molecule has 2 nitrogen and oxygen atoms in total. The summed E-state index contributed by atoms with van der Waals surface area (Å²) in [6.07, 6.45) is 4.71. The van der Waals surface area contributed by atoms with Gasteiger partial charge in [-0.25, -0.2) is 4.39 Å². The molecule has 0 radical (unpaired) electrons. The molecule has 3 heteroatoms. The van der Waals surface area contributed by atoms with Gasteiger partial charge in [-0.05, 0) is 43.9 Å². The van der Waals surface area contributed by atoms with Crippen LogP contribution in [0.3, 0.4) is 0 Å². The van der Waals surface area contributed by atoms with Crippen molar-refractivity contribution in [1.29, 1.82) is 0 Å². The fourth-order valence-electron chi connectivity index (χ4n) is 2.72. The molecule has 0 atom stereocenters. The van der Waals surface area contributed by atoms with Crippen molar-refractivity contribution < 1.29 is 9.18 Å². The molecule has 2 rings (SSSR count). The molecule has 1 fully saturated rings. The summed E-state index contributed by atoms with van der Waals surface area (Å²) in [5, 5.41) is 3.23. The molecule has 1 aromatic carbocycles. The maximum Gasteiger partial charge on any atom is 0.179 e. The Hall–Kier alpha value is -1.22. The summed E-state index contributed by atoms with van der Waals surface area (Å²) in [7, 11) is 0. The van der Waals surface area contributed by atoms with E-state index in [0.29, 0.717) is 6.04 Å². The van der Waals surface area contributed by atoms with Crippen LogP contribution in [0.5, 0.6) is 0 Å². The highest BCUT2D eigenvalue weighted by Gasteiger charge is 2.19. The Morgan fingerprint density at radius 3 is 2.61 bits per heavy atom. The van der Waals surface area contributed by atoms with E-state index in [1.807, 2.05) is 13.0 Å². The van der Waals surface area contributed by atoms with E-state index in [1.54, 1.807) is 6.92 Å². The number of rotatable bonds is 4. The second-order valence-electron chi connectivity index (χ2n) is 5.22. The number of hydrogen-bond acceptors (Lipinski definition) is 2. The lowest BCUT2D eigenvalue weighted by Gasteiger charge is -2.12. The molecule has 0 amide bonds. The number of ketones is 1. The Morgan fingerprint density at radius 1 is 1.33 bits per heavy atom. The first-order chi connectivity index (χ1) is 8.58. The molecule has 0 aromatic heterocycles. The fraction of sp³-hybridized carbons (Fsp3) is 0.533. The Morgan fingerprint density at radius 2 is 2.00 bits per heavy atom. The number of benzene rings is 1. The van der Waals surface area contributed by atoms with Crippen molar-refractivity contribution in [3.63, 3.8) is 0 Å². The topological polar surface area (TPSA) is 29.1 Å². The van der Waals surface area contributed by atoms with Gasteiger partial charge in [0.15, 0.2) is 5.78 Å². The van der Waals surface area contributed by atoms with Gasteiger partial charge in [-0.15, -0.1) is 0 Å². The summed E-state index contributed by atoms with van der Waals surface area (Å²) in [5.74, 6) is -0.539. The summed E-state index contributed by atoms with van der Waals surface area (Å²) in [6.45, 7) is 3.87. The molecule has 0 bridgehead atoms. The van der Waals surface area contributed by atoms with Crippen LogP contribution in [-0.2, 0) is 0 Å². The van der Waals surface area contributed by atoms with Crippen LogP contribution >= 0.6 is 0 Å². The molecular formula is C15H20FNO. The van der Waals surface area contributed by atoms with E-state index in [2.05, 4.69) is 5.32 Å². The van der Waals surface area contributed by atoms with Crippen molar-refractivity contribution in [2.75, 3.05) is 6.54 Å². The zero-order chi connectivity index (χ0) is 13.1. The Balaban J connectivity index is 2.04. The van der Waals surface area contributed by atoms with Crippen LogP contribution < -0.4 is 5.32 Å². The molecule has 98 valence electrons. The summed E-state index contributed by atoms with van der Waals surface area (Å²) in [6, 6.07) is 3.71. The van der Waals surface area contributed by atoms with Crippen LogP contribution in [0.2, 0.25) is 0 Å². The van der Waals surface area contributed by atoms with Crippen molar-refractivity contribution >= 4 is 5.78 Å². The summed E-state index contributed by atoms with van der Waals surface area (Å²) in [4.78, 5) is 12.1. The first-order valence-corrected chi connectivity index (χ1v) is 6.61. The molecule has 1 aliphatic rings. The number of aryl methyl sites for hydroxylation is 2. The summed E-state index contributed by atoms with van der Waals surface area (Å²) >= 11 is 0. The molecule has 18 heavy (non-hydrogen) atoms. The lowest BCUT2D eigenvalue weighted by molar-refractivity contribution is 0.0983. The predicted octanol–water partition coefficient (Wildman–Crippen LogP) is 3.16. The van der Waals surface area contributed by atoms with E-state index >= 15 is 0 Å². The van der Waals surface area contributed by atoms with Crippen molar-refractivity contribution in [3.8, 4) is 0 Å². The molecule has 1 N–H and O–H groups in total. The third kappa shape index (κ3) is 2.96. The lowest BCUT2D eigenvalue weighted by Crippen LogP contribution is -2.32. The quantitative estimate of drug-likeness (QED) is 0.830. The van der Waals surface area contributed by atoms with Gasteiger partial charge in [0.05, 0.1) is 12.1 Å². The van der Waals surface area contributed by atoms with Gasteiger partial charge in [0.1, 0.15) is 5.82 Å². The number of hydrogen-bond donors (Lipinski definition) is 1. The second-order valence-corrected chi connectivity index (χ2v) is 5.22. The number of carbonyl (C=O) groups excluding carboxylic acids is 1. The Labute approximate surface area is 108 Å². The third-order valence-corrected chi connectivity index (χ3v) is 3.62. The van der Waals surface area contributed by atoms with Crippen LogP contribution in [0.15, 0.2) is 12.1 Å². The van der Waals surface area contributed by atoms with Crippen LogP contribution in [0.1, 0.15) is 47.2 Å². The smallest absolute Gasteiger partial charge is 0.179 e. The van der Waals surface area contributed by atoms with Gasteiger partial charge in [0, 0.05) is 6.04 Å². The molecule has 0 aliphatic heterocycles. The van der Waals surface area contributed by atoms with Crippen LogP contribution in [0.25, 0.3) is 0 Å². The van der Waals surface area contributed by atoms with Crippen molar-refractivity contribution in [1.82, 2.24) is 5.32 Å². The van der Waals surface area contributed by atoms with Crippen LogP contribution in [0, 0.1) is 19.7 Å². The van der Waals surface area contributed by atoms with Crippen molar-refractivity contribution in [2.45, 2.75) is 45.6 Å². The maximum atomic E-state index is 13.8. The number of halogens is 1. The molecule has 1 saturated carbocycles. The molecule has 0 unspecified atom stereocenters. The average Bonchev–Trinajstić information content (AvgIpc) is 2.77. The van der Waals surface area contributed by atoms with E-state index in [1.165, 1.54) is 18.9 Å². The molecule has 0 saturated heterocycles. The lowest BCUT2D eigenvalue weighted by atomic mass is 10.0. The first kappa shape index (κ1) is 13.2. The summed E-state index contributed by atoms with van der Waals surface area (Å²) in [5.41, 5.74) is 1.82. The van der Waals surface area contributed by atoms with E-state index in [4.69, 9.17) is 0 Å². The molecular weight excluding hydrogens is 229 g/mol. The van der Waals surface area contributed by atoms with E-state index in [9.17, 15) is 9.18 Å². The molecule has 0 heterocycles. The van der Waals surface area contributed by atoms with E-state index in [0.717, 1.165) is 24.0 Å². The molecule has 1 aromatic rings. The zero-order valence-electron chi connectivity index (χ0n) is 11.1. The van der Waals surface area contributed by atoms with E-state index in [-0.39, 0.29) is 17.9 Å². The minimum Gasteiger partial charge on any atom is -0.307 e. The highest BCUT2D eigenvalue weighted by atomic mass is 19.1. The second kappa shape index (κ2) is 5.61.